The minimum atomic E-state index is 0.161. The monoisotopic (exact) mass is 168 g/mol. The van der Waals surface area contributed by atoms with Crippen molar-refractivity contribution in [1.82, 2.24) is 0 Å². The zero-order valence-corrected chi connectivity index (χ0v) is 6.82. The first-order valence-electron chi connectivity index (χ1n) is 3.15. The van der Waals surface area contributed by atoms with Gasteiger partial charge in [0.25, 0.3) is 0 Å². The Bertz CT molecular complexity index is 97.1. The molecule has 0 N–H and O–H groups in total. The standard InChI is InChI=1S/C6H10Cl2O/c1-2-4(8)6-5(3-7)9-6/h4-6H,2-3H2,1H3. The molecule has 1 rings (SSSR count). The van der Waals surface area contributed by atoms with E-state index < -0.39 is 0 Å². The van der Waals surface area contributed by atoms with Crippen LogP contribution >= 0.6 is 23.2 Å². The number of alkyl halides is 2. The highest BCUT2D eigenvalue weighted by Crippen LogP contribution is 2.30. The Balaban J connectivity index is 2.17. The third-order valence-electron chi connectivity index (χ3n) is 1.52. The van der Waals surface area contributed by atoms with Gasteiger partial charge < -0.3 is 4.74 Å². The molecule has 0 radical (unpaired) electrons. The van der Waals surface area contributed by atoms with Crippen LogP contribution in [0.4, 0.5) is 0 Å². The molecule has 0 aromatic carbocycles. The highest BCUT2D eigenvalue weighted by atomic mass is 35.5. The molecule has 0 aromatic heterocycles. The van der Waals surface area contributed by atoms with E-state index in [0.717, 1.165) is 6.42 Å². The van der Waals surface area contributed by atoms with Crippen molar-refractivity contribution in [3.05, 3.63) is 0 Å². The maximum absolute atomic E-state index is 5.85. The Morgan fingerprint density at radius 2 is 2.33 bits per heavy atom. The lowest BCUT2D eigenvalue weighted by Crippen LogP contribution is -2.09. The Morgan fingerprint density at radius 3 is 2.67 bits per heavy atom. The van der Waals surface area contributed by atoms with Gasteiger partial charge in [-0.15, -0.1) is 23.2 Å². The summed E-state index contributed by atoms with van der Waals surface area (Å²) in [6.45, 7) is 2.05. The summed E-state index contributed by atoms with van der Waals surface area (Å²) in [5.74, 6) is 0.577. The van der Waals surface area contributed by atoms with Gasteiger partial charge in [0.1, 0.15) is 6.10 Å². The molecular weight excluding hydrogens is 159 g/mol. The van der Waals surface area contributed by atoms with Gasteiger partial charge in [-0.1, -0.05) is 6.92 Å². The van der Waals surface area contributed by atoms with Crippen LogP contribution in [0.15, 0.2) is 0 Å². The van der Waals surface area contributed by atoms with Gasteiger partial charge in [-0.25, -0.2) is 0 Å². The molecular formula is C6H10Cl2O. The molecule has 1 heterocycles. The van der Waals surface area contributed by atoms with E-state index in [9.17, 15) is 0 Å². The number of hydrogen-bond donors (Lipinski definition) is 0. The van der Waals surface area contributed by atoms with Crippen LogP contribution in [0.25, 0.3) is 0 Å². The van der Waals surface area contributed by atoms with Crippen LogP contribution in [0, 0.1) is 0 Å². The van der Waals surface area contributed by atoms with Crippen molar-refractivity contribution >= 4 is 23.2 Å². The summed E-state index contributed by atoms with van der Waals surface area (Å²) in [7, 11) is 0. The molecule has 0 bridgehead atoms. The van der Waals surface area contributed by atoms with Crippen molar-refractivity contribution in [2.45, 2.75) is 30.9 Å². The Kier molecular flexibility index (Phi) is 2.62. The summed E-state index contributed by atoms with van der Waals surface area (Å²) in [4.78, 5) is 0. The minimum absolute atomic E-state index is 0.161. The molecule has 1 aliphatic rings. The second kappa shape index (κ2) is 3.09. The average Bonchev–Trinajstić information content (AvgIpc) is 2.64. The van der Waals surface area contributed by atoms with Crippen molar-refractivity contribution in [2.75, 3.05) is 5.88 Å². The second-order valence-corrected chi connectivity index (χ2v) is 3.09. The van der Waals surface area contributed by atoms with Crippen molar-refractivity contribution in [2.24, 2.45) is 0 Å². The van der Waals surface area contributed by atoms with Gasteiger partial charge in [0.2, 0.25) is 0 Å². The van der Waals surface area contributed by atoms with E-state index in [1.54, 1.807) is 0 Å². The summed E-state index contributed by atoms with van der Waals surface area (Å²) in [5, 5.41) is 0.161. The van der Waals surface area contributed by atoms with Gasteiger partial charge >= 0.3 is 0 Å². The van der Waals surface area contributed by atoms with E-state index in [1.807, 2.05) is 6.92 Å². The molecule has 54 valence electrons. The smallest absolute Gasteiger partial charge is 0.102 e. The molecule has 0 amide bonds. The third kappa shape index (κ3) is 1.73. The van der Waals surface area contributed by atoms with Gasteiger partial charge in [-0.2, -0.15) is 0 Å². The maximum Gasteiger partial charge on any atom is 0.102 e. The quantitative estimate of drug-likeness (QED) is 0.465. The first kappa shape index (κ1) is 7.64. The molecule has 1 nitrogen and oxygen atoms in total. The zero-order valence-electron chi connectivity index (χ0n) is 5.31. The number of hydrogen-bond acceptors (Lipinski definition) is 1. The number of rotatable bonds is 3. The van der Waals surface area contributed by atoms with Crippen LogP contribution in [0.2, 0.25) is 0 Å². The predicted molar refractivity (Wildman–Crippen MR) is 39.3 cm³/mol. The van der Waals surface area contributed by atoms with Gasteiger partial charge in [0, 0.05) is 0 Å². The fraction of sp³-hybridized carbons (Fsp3) is 1.00. The molecule has 0 aromatic rings. The van der Waals surface area contributed by atoms with E-state index in [0.29, 0.717) is 5.88 Å². The molecule has 3 heteroatoms. The van der Waals surface area contributed by atoms with Crippen molar-refractivity contribution in [3.8, 4) is 0 Å². The number of halogens is 2. The van der Waals surface area contributed by atoms with Crippen LogP contribution in [-0.2, 0) is 4.74 Å². The second-order valence-electron chi connectivity index (χ2n) is 2.22. The first-order chi connectivity index (χ1) is 4.29. The van der Waals surface area contributed by atoms with E-state index in [1.165, 1.54) is 0 Å². The van der Waals surface area contributed by atoms with Gasteiger partial charge in [0.05, 0.1) is 17.4 Å². The third-order valence-corrected chi connectivity index (χ3v) is 2.38. The first-order valence-corrected chi connectivity index (χ1v) is 4.12. The Labute approximate surface area is 65.3 Å². The van der Waals surface area contributed by atoms with Gasteiger partial charge in [-0.3, -0.25) is 0 Å². The van der Waals surface area contributed by atoms with E-state index in [-0.39, 0.29) is 17.6 Å². The van der Waals surface area contributed by atoms with E-state index in [2.05, 4.69) is 0 Å². The minimum Gasteiger partial charge on any atom is -0.367 e. The molecule has 1 fully saturated rings. The largest absolute Gasteiger partial charge is 0.367 e. The normalized spacial score (nSPS) is 36.3. The summed E-state index contributed by atoms with van der Waals surface area (Å²) >= 11 is 11.4. The highest BCUT2D eigenvalue weighted by molar-refractivity contribution is 6.21. The molecule has 3 atom stereocenters. The lowest BCUT2D eigenvalue weighted by atomic mass is 10.2. The van der Waals surface area contributed by atoms with Gasteiger partial charge in [-0.05, 0) is 6.42 Å². The van der Waals surface area contributed by atoms with Crippen LogP contribution in [-0.4, -0.2) is 23.5 Å². The Hall–Kier alpha value is 0.540. The molecule has 0 saturated carbocycles. The predicted octanol–water partition coefficient (Wildman–Crippen LogP) is 2.01. The molecule has 1 saturated heterocycles. The summed E-state index contributed by atoms with van der Waals surface area (Å²) in [6.07, 6.45) is 1.42. The fourth-order valence-corrected chi connectivity index (χ4v) is 1.30. The van der Waals surface area contributed by atoms with E-state index >= 15 is 0 Å². The summed E-state index contributed by atoms with van der Waals surface area (Å²) in [5.41, 5.74) is 0. The summed E-state index contributed by atoms with van der Waals surface area (Å²) < 4.78 is 5.15. The van der Waals surface area contributed by atoms with Crippen LogP contribution in [0.5, 0.6) is 0 Å². The molecule has 0 spiro atoms. The fourth-order valence-electron chi connectivity index (χ4n) is 0.831. The maximum atomic E-state index is 5.85. The number of epoxide rings is 1. The van der Waals surface area contributed by atoms with Crippen LogP contribution in [0.3, 0.4) is 0 Å². The van der Waals surface area contributed by atoms with Gasteiger partial charge in [0.15, 0.2) is 0 Å². The lowest BCUT2D eigenvalue weighted by Gasteiger charge is -1.97. The molecule has 0 aliphatic carbocycles. The average molecular weight is 169 g/mol. The number of ether oxygens (including phenoxy) is 1. The van der Waals surface area contributed by atoms with Crippen molar-refractivity contribution < 1.29 is 4.74 Å². The summed E-state index contributed by atoms with van der Waals surface area (Å²) in [6, 6.07) is 0. The Morgan fingerprint density at radius 1 is 1.67 bits per heavy atom. The SMILES string of the molecule is CCC(Cl)C1OC1CCl. The highest BCUT2D eigenvalue weighted by Gasteiger charge is 2.42. The van der Waals surface area contributed by atoms with Crippen molar-refractivity contribution in [3.63, 3.8) is 0 Å². The molecule has 9 heavy (non-hydrogen) atoms. The van der Waals surface area contributed by atoms with E-state index in [4.69, 9.17) is 27.9 Å². The molecule has 1 aliphatic heterocycles. The topological polar surface area (TPSA) is 12.5 Å². The van der Waals surface area contributed by atoms with Crippen molar-refractivity contribution in [1.29, 1.82) is 0 Å². The van der Waals surface area contributed by atoms with Crippen LogP contribution in [0.1, 0.15) is 13.3 Å². The molecule has 3 unspecified atom stereocenters. The lowest BCUT2D eigenvalue weighted by molar-refractivity contribution is 0.372. The zero-order chi connectivity index (χ0) is 6.85. The van der Waals surface area contributed by atoms with Crippen LogP contribution < -0.4 is 0 Å².